The second-order valence-corrected chi connectivity index (χ2v) is 6.27. The number of nitriles is 1. The lowest BCUT2D eigenvalue weighted by atomic mass is 9.78. The Bertz CT molecular complexity index is 680. The van der Waals surface area contributed by atoms with E-state index in [-0.39, 0.29) is 17.2 Å². The Hall–Kier alpha value is -2.39. The summed E-state index contributed by atoms with van der Waals surface area (Å²) in [6.45, 7) is 3.39. The van der Waals surface area contributed by atoms with Gasteiger partial charge in [-0.1, -0.05) is 13.3 Å². The number of hydrogen-bond acceptors (Lipinski definition) is 5. The predicted molar refractivity (Wildman–Crippen MR) is 88.5 cm³/mol. The van der Waals surface area contributed by atoms with Crippen LogP contribution in [0, 0.1) is 17.2 Å². The Morgan fingerprint density at radius 2 is 2.17 bits per heavy atom. The molecule has 0 saturated heterocycles. The average molecular weight is 330 g/mol. The highest BCUT2D eigenvalue weighted by molar-refractivity contribution is 5.98. The van der Waals surface area contributed by atoms with Crippen molar-refractivity contribution in [3.8, 4) is 11.8 Å². The van der Waals surface area contributed by atoms with Crippen LogP contribution < -0.4 is 10.1 Å². The minimum Gasteiger partial charge on any atom is -0.427 e. The zero-order valence-electron chi connectivity index (χ0n) is 14.2. The molecule has 0 radical (unpaired) electrons. The van der Waals surface area contributed by atoms with Gasteiger partial charge in [-0.05, 0) is 37.3 Å². The molecule has 1 aliphatic carbocycles. The predicted octanol–water partition coefficient (Wildman–Crippen LogP) is 3.02. The molecule has 1 amide bonds. The van der Waals surface area contributed by atoms with Gasteiger partial charge in [-0.15, -0.1) is 0 Å². The van der Waals surface area contributed by atoms with Gasteiger partial charge in [-0.25, -0.2) is 0 Å². The molecule has 0 aromatic heterocycles. The number of esters is 1. The largest absolute Gasteiger partial charge is 0.427 e. The normalized spacial score (nSPS) is 23.2. The molecule has 1 aromatic carbocycles. The van der Waals surface area contributed by atoms with Gasteiger partial charge in [0.15, 0.2) is 0 Å². The molecule has 1 fully saturated rings. The number of methoxy groups -OCH3 is 1. The van der Waals surface area contributed by atoms with Crippen molar-refractivity contribution in [2.45, 2.75) is 45.1 Å². The third-order valence-corrected chi connectivity index (χ3v) is 4.38. The Morgan fingerprint density at radius 3 is 2.75 bits per heavy atom. The molecule has 0 heterocycles. The molecule has 0 unspecified atom stereocenters. The first kappa shape index (κ1) is 18.0. The van der Waals surface area contributed by atoms with Crippen molar-refractivity contribution in [2.75, 3.05) is 12.4 Å². The molecule has 6 heteroatoms. The van der Waals surface area contributed by atoms with E-state index in [4.69, 9.17) is 9.47 Å². The van der Waals surface area contributed by atoms with Crippen LogP contribution in [0.4, 0.5) is 5.69 Å². The van der Waals surface area contributed by atoms with Gasteiger partial charge in [-0.3, -0.25) is 9.59 Å². The molecule has 128 valence electrons. The van der Waals surface area contributed by atoms with Crippen molar-refractivity contribution in [3.05, 3.63) is 23.8 Å². The number of amides is 1. The molecule has 1 N–H and O–H groups in total. The Labute approximate surface area is 141 Å². The van der Waals surface area contributed by atoms with E-state index in [2.05, 4.69) is 12.2 Å². The van der Waals surface area contributed by atoms with Crippen molar-refractivity contribution in [3.63, 3.8) is 0 Å². The number of rotatable bonds is 4. The topological polar surface area (TPSA) is 88.4 Å². The molecule has 0 bridgehead atoms. The molecular weight excluding hydrogens is 308 g/mol. The molecule has 0 spiro atoms. The van der Waals surface area contributed by atoms with Gasteiger partial charge >= 0.3 is 5.97 Å². The SMILES string of the molecule is CO[C@@]1(C(=O)Nc2ccc(OC(C)=O)cc2C#N)CCC[C@H](C)C1. The van der Waals surface area contributed by atoms with Gasteiger partial charge in [0.2, 0.25) is 0 Å². The maximum Gasteiger partial charge on any atom is 0.308 e. The van der Waals surface area contributed by atoms with E-state index in [1.54, 1.807) is 19.2 Å². The third-order valence-electron chi connectivity index (χ3n) is 4.38. The zero-order valence-corrected chi connectivity index (χ0v) is 14.2. The van der Waals surface area contributed by atoms with Gasteiger partial charge in [0, 0.05) is 20.1 Å². The van der Waals surface area contributed by atoms with E-state index in [1.165, 1.54) is 13.0 Å². The van der Waals surface area contributed by atoms with E-state index >= 15 is 0 Å². The summed E-state index contributed by atoms with van der Waals surface area (Å²) in [6.07, 6.45) is 3.33. The molecule has 2 rings (SSSR count). The first-order valence-electron chi connectivity index (χ1n) is 7.99. The number of carbonyl (C=O) groups is 2. The van der Waals surface area contributed by atoms with E-state index in [0.29, 0.717) is 24.4 Å². The monoisotopic (exact) mass is 330 g/mol. The number of benzene rings is 1. The van der Waals surface area contributed by atoms with Gasteiger partial charge < -0.3 is 14.8 Å². The van der Waals surface area contributed by atoms with Crippen LogP contribution in [0.25, 0.3) is 0 Å². The lowest BCUT2D eigenvalue weighted by Crippen LogP contribution is -2.48. The van der Waals surface area contributed by atoms with Crippen LogP contribution in [0.3, 0.4) is 0 Å². The van der Waals surface area contributed by atoms with Gasteiger partial charge in [0.05, 0.1) is 11.3 Å². The highest BCUT2D eigenvalue weighted by Gasteiger charge is 2.42. The van der Waals surface area contributed by atoms with Crippen LogP contribution >= 0.6 is 0 Å². The zero-order chi connectivity index (χ0) is 17.7. The van der Waals surface area contributed by atoms with Gasteiger partial charge in [-0.2, -0.15) is 5.26 Å². The van der Waals surface area contributed by atoms with Gasteiger partial charge in [0.25, 0.3) is 5.91 Å². The first-order valence-corrected chi connectivity index (χ1v) is 7.99. The van der Waals surface area contributed by atoms with E-state index in [1.807, 2.05) is 6.07 Å². The lowest BCUT2D eigenvalue weighted by Gasteiger charge is -2.37. The summed E-state index contributed by atoms with van der Waals surface area (Å²) in [7, 11) is 1.55. The number of nitrogens with zero attached hydrogens (tertiary/aromatic N) is 1. The molecular formula is C18H22N2O4. The van der Waals surface area contributed by atoms with E-state index in [9.17, 15) is 14.9 Å². The molecule has 1 aliphatic rings. The lowest BCUT2D eigenvalue weighted by molar-refractivity contribution is -0.143. The van der Waals surface area contributed by atoms with Crippen LogP contribution in [0.2, 0.25) is 0 Å². The number of hydrogen-bond donors (Lipinski definition) is 1. The minimum absolute atomic E-state index is 0.234. The summed E-state index contributed by atoms with van der Waals surface area (Å²) >= 11 is 0. The van der Waals surface area contributed by atoms with Crippen molar-refractivity contribution >= 4 is 17.6 Å². The fraction of sp³-hybridized carbons (Fsp3) is 0.500. The molecule has 6 nitrogen and oxygen atoms in total. The van der Waals surface area contributed by atoms with E-state index in [0.717, 1.165) is 12.8 Å². The van der Waals surface area contributed by atoms with Crippen LogP contribution in [-0.2, 0) is 14.3 Å². The number of ether oxygens (including phenoxy) is 2. The van der Waals surface area contributed by atoms with Crippen molar-refractivity contribution in [1.82, 2.24) is 0 Å². The second kappa shape index (κ2) is 7.45. The Balaban J connectivity index is 2.21. The standard InChI is InChI=1S/C18H22N2O4/c1-12-5-4-8-18(10-12,23-3)17(22)20-16-7-6-15(24-13(2)21)9-14(16)11-19/h6-7,9,12H,4-5,8,10H2,1-3H3,(H,20,22)/t12-,18-/m0/s1. The Morgan fingerprint density at radius 1 is 1.42 bits per heavy atom. The van der Waals surface area contributed by atoms with Crippen molar-refractivity contribution < 1.29 is 19.1 Å². The quantitative estimate of drug-likeness (QED) is 0.677. The first-order chi connectivity index (χ1) is 11.4. The molecule has 2 atom stereocenters. The van der Waals surface area contributed by atoms with Crippen LogP contribution in [0.5, 0.6) is 5.75 Å². The number of carbonyl (C=O) groups excluding carboxylic acids is 2. The summed E-state index contributed by atoms with van der Waals surface area (Å²) in [5, 5.41) is 12.1. The van der Waals surface area contributed by atoms with Crippen LogP contribution in [-0.4, -0.2) is 24.6 Å². The fourth-order valence-corrected chi connectivity index (χ4v) is 3.18. The van der Waals surface area contributed by atoms with Crippen LogP contribution in [0.1, 0.15) is 45.1 Å². The summed E-state index contributed by atoms with van der Waals surface area (Å²) < 4.78 is 10.5. The van der Waals surface area contributed by atoms with Crippen molar-refractivity contribution in [1.29, 1.82) is 5.26 Å². The second-order valence-electron chi connectivity index (χ2n) is 6.27. The van der Waals surface area contributed by atoms with E-state index < -0.39 is 11.6 Å². The van der Waals surface area contributed by atoms with Crippen LogP contribution in [0.15, 0.2) is 18.2 Å². The van der Waals surface area contributed by atoms with Crippen molar-refractivity contribution in [2.24, 2.45) is 5.92 Å². The summed E-state index contributed by atoms with van der Waals surface area (Å²) in [5.41, 5.74) is -0.246. The maximum atomic E-state index is 12.8. The molecule has 0 aliphatic heterocycles. The molecule has 24 heavy (non-hydrogen) atoms. The number of anilines is 1. The summed E-state index contributed by atoms with van der Waals surface area (Å²) in [6, 6.07) is 6.54. The van der Waals surface area contributed by atoms with Gasteiger partial charge in [0.1, 0.15) is 17.4 Å². The minimum atomic E-state index is -0.862. The average Bonchev–Trinajstić information content (AvgIpc) is 2.55. The Kier molecular flexibility index (Phi) is 5.58. The maximum absolute atomic E-state index is 12.8. The highest BCUT2D eigenvalue weighted by atomic mass is 16.5. The third kappa shape index (κ3) is 3.92. The molecule has 1 aromatic rings. The smallest absolute Gasteiger partial charge is 0.308 e. The fourth-order valence-electron chi connectivity index (χ4n) is 3.18. The number of nitrogens with one attached hydrogen (secondary N) is 1. The highest BCUT2D eigenvalue weighted by Crippen LogP contribution is 2.36. The summed E-state index contributed by atoms with van der Waals surface area (Å²) in [4.78, 5) is 23.8. The summed E-state index contributed by atoms with van der Waals surface area (Å²) in [5.74, 6) is -0.0329. The molecule has 1 saturated carbocycles.